The molecule has 2 N–H and O–H groups in total. The van der Waals surface area contributed by atoms with Gasteiger partial charge in [0.25, 0.3) is 0 Å². The molecule has 114 valence electrons. The van der Waals surface area contributed by atoms with Crippen LogP contribution in [0.25, 0.3) is 0 Å². The summed E-state index contributed by atoms with van der Waals surface area (Å²) in [6, 6.07) is 13.6. The number of hydrogen-bond acceptors (Lipinski definition) is 3. The van der Waals surface area contributed by atoms with Crippen LogP contribution in [0.3, 0.4) is 0 Å². The summed E-state index contributed by atoms with van der Waals surface area (Å²) in [5.74, 6) is 0.788. The second kappa shape index (κ2) is 6.52. The average Bonchev–Trinajstić information content (AvgIpc) is 2.56. The first-order valence-electron chi connectivity index (χ1n) is 7.55. The smallest absolute Gasteiger partial charge is 0.228 e. The number of methoxy groups -OCH3 is 1. The van der Waals surface area contributed by atoms with E-state index in [0.717, 1.165) is 42.1 Å². The summed E-state index contributed by atoms with van der Waals surface area (Å²) in [7, 11) is 1.63. The highest BCUT2D eigenvalue weighted by Crippen LogP contribution is 2.30. The maximum atomic E-state index is 12.3. The number of nitrogens with one attached hydrogen (secondary N) is 2. The van der Waals surface area contributed by atoms with Gasteiger partial charge in [0.1, 0.15) is 5.75 Å². The van der Waals surface area contributed by atoms with Gasteiger partial charge in [0.05, 0.1) is 24.9 Å². The number of rotatable bonds is 4. The molecule has 0 atom stereocenters. The zero-order valence-corrected chi connectivity index (χ0v) is 12.7. The van der Waals surface area contributed by atoms with E-state index in [2.05, 4.69) is 16.7 Å². The van der Waals surface area contributed by atoms with Crippen LogP contribution >= 0.6 is 0 Å². The van der Waals surface area contributed by atoms with Crippen LogP contribution in [-0.2, 0) is 17.6 Å². The summed E-state index contributed by atoms with van der Waals surface area (Å²) in [5.41, 5.74) is 4.18. The first-order valence-corrected chi connectivity index (χ1v) is 7.55. The number of anilines is 2. The Kier molecular flexibility index (Phi) is 4.28. The number of ether oxygens (including phenoxy) is 1. The first kappa shape index (κ1) is 14.4. The van der Waals surface area contributed by atoms with Gasteiger partial charge in [-0.1, -0.05) is 24.3 Å². The van der Waals surface area contributed by atoms with Gasteiger partial charge in [0.15, 0.2) is 0 Å². The number of fused-ring (bicyclic) bond motifs is 1. The maximum Gasteiger partial charge on any atom is 0.228 e. The van der Waals surface area contributed by atoms with Crippen molar-refractivity contribution in [1.82, 2.24) is 0 Å². The number of aryl methyl sites for hydroxylation is 1. The molecular formula is C18H20N2O2. The van der Waals surface area contributed by atoms with Crippen molar-refractivity contribution >= 4 is 17.3 Å². The predicted octanol–water partition coefficient (Wildman–Crippen LogP) is 3.23. The molecule has 2 aromatic rings. The van der Waals surface area contributed by atoms with E-state index in [1.54, 1.807) is 7.11 Å². The molecule has 0 spiro atoms. The van der Waals surface area contributed by atoms with Crippen molar-refractivity contribution in [3.8, 4) is 5.75 Å². The summed E-state index contributed by atoms with van der Waals surface area (Å²) in [6.07, 6.45) is 2.55. The molecule has 0 fully saturated rings. The van der Waals surface area contributed by atoms with Crippen LogP contribution in [-0.4, -0.2) is 19.6 Å². The van der Waals surface area contributed by atoms with Crippen molar-refractivity contribution in [1.29, 1.82) is 0 Å². The van der Waals surface area contributed by atoms with E-state index in [1.165, 1.54) is 5.56 Å². The Morgan fingerprint density at radius 3 is 2.82 bits per heavy atom. The SMILES string of the molecule is COc1ccc(CC(=O)Nc2cccc3c2NCCC3)cc1. The van der Waals surface area contributed by atoms with Crippen LogP contribution in [0.4, 0.5) is 11.4 Å². The van der Waals surface area contributed by atoms with E-state index in [0.29, 0.717) is 6.42 Å². The van der Waals surface area contributed by atoms with Crippen LogP contribution < -0.4 is 15.4 Å². The summed E-state index contributed by atoms with van der Waals surface area (Å²) in [6.45, 7) is 0.957. The Hall–Kier alpha value is -2.49. The topological polar surface area (TPSA) is 50.4 Å². The molecule has 0 saturated carbocycles. The lowest BCUT2D eigenvalue weighted by molar-refractivity contribution is -0.115. The van der Waals surface area contributed by atoms with Crippen LogP contribution in [0.15, 0.2) is 42.5 Å². The third-order valence-electron chi connectivity index (χ3n) is 3.87. The number of amides is 1. The van der Waals surface area contributed by atoms with Crippen LogP contribution in [0, 0.1) is 0 Å². The minimum Gasteiger partial charge on any atom is -0.497 e. The lowest BCUT2D eigenvalue weighted by atomic mass is 10.0. The zero-order valence-electron chi connectivity index (χ0n) is 12.7. The van der Waals surface area contributed by atoms with Gasteiger partial charge >= 0.3 is 0 Å². The fraction of sp³-hybridized carbons (Fsp3) is 0.278. The van der Waals surface area contributed by atoms with E-state index in [1.807, 2.05) is 36.4 Å². The molecule has 1 aliphatic heterocycles. The number of para-hydroxylation sites is 1. The van der Waals surface area contributed by atoms with Crippen LogP contribution in [0.5, 0.6) is 5.75 Å². The molecule has 0 unspecified atom stereocenters. The number of benzene rings is 2. The Morgan fingerprint density at radius 1 is 1.23 bits per heavy atom. The molecule has 0 aliphatic carbocycles. The lowest BCUT2D eigenvalue weighted by Gasteiger charge is -2.21. The summed E-state index contributed by atoms with van der Waals surface area (Å²) >= 11 is 0. The van der Waals surface area contributed by atoms with E-state index in [-0.39, 0.29) is 5.91 Å². The molecule has 22 heavy (non-hydrogen) atoms. The number of carbonyl (C=O) groups is 1. The molecule has 0 bridgehead atoms. The van der Waals surface area contributed by atoms with Gasteiger partial charge in [-0.05, 0) is 42.2 Å². The van der Waals surface area contributed by atoms with Gasteiger partial charge in [-0.15, -0.1) is 0 Å². The highest BCUT2D eigenvalue weighted by atomic mass is 16.5. The van der Waals surface area contributed by atoms with E-state index < -0.39 is 0 Å². The van der Waals surface area contributed by atoms with Gasteiger partial charge < -0.3 is 15.4 Å². The summed E-state index contributed by atoms with van der Waals surface area (Å²) in [4.78, 5) is 12.3. The predicted molar refractivity (Wildman–Crippen MR) is 88.6 cm³/mol. The molecule has 4 nitrogen and oxygen atoms in total. The Balaban J connectivity index is 1.69. The zero-order chi connectivity index (χ0) is 15.4. The molecular weight excluding hydrogens is 276 g/mol. The quantitative estimate of drug-likeness (QED) is 0.910. The minimum absolute atomic E-state index is 0.00839. The average molecular weight is 296 g/mol. The van der Waals surface area contributed by atoms with Gasteiger partial charge in [0, 0.05) is 6.54 Å². The molecule has 0 aromatic heterocycles. The molecule has 4 heteroatoms. The second-order valence-electron chi connectivity index (χ2n) is 5.44. The summed E-state index contributed by atoms with van der Waals surface area (Å²) < 4.78 is 5.12. The third kappa shape index (κ3) is 3.22. The van der Waals surface area contributed by atoms with Crippen molar-refractivity contribution in [3.63, 3.8) is 0 Å². The van der Waals surface area contributed by atoms with Gasteiger partial charge in [-0.25, -0.2) is 0 Å². The van der Waals surface area contributed by atoms with Gasteiger partial charge in [-0.2, -0.15) is 0 Å². The van der Waals surface area contributed by atoms with Crippen LogP contribution in [0.1, 0.15) is 17.5 Å². The largest absolute Gasteiger partial charge is 0.497 e. The molecule has 0 radical (unpaired) electrons. The van der Waals surface area contributed by atoms with E-state index in [9.17, 15) is 4.79 Å². The Bertz CT molecular complexity index is 665. The third-order valence-corrected chi connectivity index (χ3v) is 3.87. The monoisotopic (exact) mass is 296 g/mol. The molecule has 1 amide bonds. The lowest BCUT2D eigenvalue weighted by Crippen LogP contribution is -2.18. The Labute approximate surface area is 130 Å². The second-order valence-corrected chi connectivity index (χ2v) is 5.44. The van der Waals surface area contributed by atoms with Crippen LogP contribution in [0.2, 0.25) is 0 Å². The Morgan fingerprint density at radius 2 is 2.05 bits per heavy atom. The normalized spacial score (nSPS) is 13.0. The molecule has 3 rings (SSSR count). The minimum atomic E-state index is -0.00839. The number of hydrogen-bond donors (Lipinski definition) is 2. The molecule has 0 saturated heterocycles. The van der Waals surface area contributed by atoms with Crippen molar-refractivity contribution in [2.75, 3.05) is 24.3 Å². The first-order chi connectivity index (χ1) is 10.8. The highest BCUT2D eigenvalue weighted by Gasteiger charge is 2.14. The van der Waals surface area contributed by atoms with Gasteiger partial charge in [-0.3, -0.25) is 4.79 Å². The molecule has 1 heterocycles. The molecule has 1 aliphatic rings. The van der Waals surface area contributed by atoms with Crippen molar-refractivity contribution < 1.29 is 9.53 Å². The number of carbonyl (C=O) groups excluding carboxylic acids is 1. The van der Waals surface area contributed by atoms with Crippen molar-refractivity contribution in [2.24, 2.45) is 0 Å². The fourth-order valence-electron chi connectivity index (χ4n) is 2.74. The van der Waals surface area contributed by atoms with E-state index >= 15 is 0 Å². The van der Waals surface area contributed by atoms with Crippen molar-refractivity contribution in [2.45, 2.75) is 19.3 Å². The maximum absolute atomic E-state index is 12.3. The van der Waals surface area contributed by atoms with Crippen molar-refractivity contribution in [3.05, 3.63) is 53.6 Å². The van der Waals surface area contributed by atoms with Gasteiger partial charge in [0.2, 0.25) is 5.91 Å². The standard InChI is InChI=1S/C18H20N2O2/c1-22-15-9-7-13(8-10-15)12-17(21)20-16-6-2-4-14-5-3-11-19-18(14)16/h2,4,6-10,19H,3,5,11-12H2,1H3,(H,20,21). The van der Waals surface area contributed by atoms with E-state index in [4.69, 9.17) is 4.74 Å². The molecule has 2 aromatic carbocycles. The highest BCUT2D eigenvalue weighted by molar-refractivity contribution is 5.96. The fourth-order valence-corrected chi connectivity index (χ4v) is 2.74. The summed E-state index contributed by atoms with van der Waals surface area (Å²) in [5, 5.41) is 6.40.